The third-order valence-corrected chi connectivity index (χ3v) is 7.05. The average Bonchev–Trinajstić information content (AvgIpc) is 3.38. The van der Waals surface area contributed by atoms with Gasteiger partial charge in [-0.3, -0.25) is 14.7 Å². The van der Waals surface area contributed by atoms with E-state index in [1.54, 1.807) is 38.6 Å². The zero-order chi connectivity index (χ0) is 28.2. The Morgan fingerprint density at radius 3 is 2.67 bits per heavy atom. The number of carbonyl (C=O) groups is 1. The average molecular weight is 549 g/mol. The molecular formula is C28H33FN8O3. The van der Waals surface area contributed by atoms with Crippen molar-refractivity contribution in [3.05, 3.63) is 60.4 Å². The summed E-state index contributed by atoms with van der Waals surface area (Å²) >= 11 is 0. The fourth-order valence-corrected chi connectivity index (χ4v) is 4.78. The Kier molecular flexibility index (Phi) is 8.31. The summed E-state index contributed by atoms with van der Waals surface area (Å²) in [5, 5.41) is 16.4. The van der Waals surface area contributed by atoms with Crippen LogP contribution in [0, 0.1) is 5.82 Å². The molecule has 1 fully saturated rings. The number of carbonyl (C=O) groups excluding carboxylic acids is 1. The molecule has 1 saturated heterocycles. The van der Waals surface area contributed by atoms with Crippen LogP contribution in [0.4, 0.5) is 21.7 Å². The van der Waals surface area contributed by atoms with Crippen molar-refractivity contribution in [2.24, 2.45) is 0 Å². The first-order valence-corrected chi connectivity index (χ1v) is 13.1. The van der Waals surface area contributed by atoms with E-state index >= 15 is 0 Å². The van der Waals surface area contributed by atoms with Crippen molar-refractivity contribution in [3.63, 3.8) is 0 Å². The molecule has 4 N–H and O–H groups in total. The minimum absolute atomic E-state index is 0.107. The van der Waals surface area contributed by atoms with Crippen LogP contribution in [0.1, 0.15) is 18.7 Å². The van der Waals surface area contributed by atoms with Gasteiger partial charge in [-0.15, -0.1) is 0 Å². The number of aromatic amines is 1. The molecule has 12 heteroatoms. The van der Waals surface area contributed by atoms with E-state index in [9.17, 15) is 14.3 Å². The van der Waals surface area contributed by atoms with E-state index in [2.05, 4.69) is 47.4 Å². The van der Waals surface area contributed by atoms with Crippen molar-refractivity contribution in [2.75, 3.05) is 57.6 Å². The van der Waals surface area contributed by atoms with Crippen LogP contribution in [0.15, 0.2) is 48.9 Å². The Hall–Kier alpha value is -3.97. The highest BCUT2D eigenvalue weighted by molar-refractivity contribution is 6.06. The predicted octanol–water partition coefficient (Wildman–Crippen LogP) is 3.16. The maximum absolute atomic E-state index is 15.0. The molecule has 4 heterocycles. The van der Waals surface area contributed by atoms with E-state index in [0.29, 0.717) is 33.5 Å². The molecule has 0 bridgehead atoms. The van der Waals surface area contributed by atoms with Crippen LogP contribution < -0.4 is 10.6 Å². The number of likely N-dealkylation sites (N-methyl/N-ethyl adjacent to an activating group) is 1. The Balaban J connectivity index is 1.39. The molecule has 210 valence electrons. The second-order valence-electron chi connectivity index (χ2n) is 9.89. The quantitative estimate of drug-likeness (QED) is 0.249. The normalized spacial score (nSPS) is 16.1. The van der Waals surface area contributed by atoms with E-state index in [-0.39, 0.29) is 24.2 Å². The smallest absolute Gasteiger partial charge is 0.244 e. The lowest BCUT2D eigenvalue weighted by molar-refractivity contribution is -0.124. The number of hydrogen-bond acceptors (Lipinski definition) is 9. The van der Waals surface area contributed by atoms with Crippen LogP contribution >= 0.6 is 0 Å². The number of anilines is 3. The van der Waals surface area contributed by atoms with Crippen molar-refractivity contribution in [2.45, 2.75) is 19.1 Å². The Morgan fingerprint density at radius 1 is 1.18 bits per heavy atom. The summed E-state index contributed by atoms with van der Waals surface area (Å²) in [5.74, 6) is -0.556. The zero-order valence-electron chi connectivity index (χ0n) is 22.7. The highest BCUT2D eigenvalue weighted by atomic mass is 19.1. The largest absolute Gasteiger partial charge is 0.387 e. The van der Waals surface area contributed by atoms with Gasteiger partial charge < -0.3 is 30.4 Å². The summed E-state index contributed by atoms with van der Waals surface area (Å²) in [4.78, 5) is 33.6. The van der Waals surface area contributed by atoms with Gasteiger partial charge in [-0.1, -0.05) is 12.1 Å². The van der Waals surface area contributed by atoms with Gasteiger partial charge in [0.2, 0.25) is 11.9 Å². The summed E-state index contributed by atoms with van der Waals surface area (Å²) in [6, 6.07) is 8.46. The number of aliphatic hydroxyl groups excluding tert-OH is 1. The number of aromatic nitrogens is 4. The van der Waals surface area contributed by atoms with E-state index in [1.807, 2.05) is 18.2 Å². The van der Waals surface area contributed by atoms with Gasteiger partial charge in [0.15, 0.2) is 5.82 Å². The van der Waals surface area contributed by atoms with Crippen LogP contribution in [-0.2, 0) is 9.53 Å². The third kappa shape index (κ3) is 5.94. The number of piperazine rings is 1. The van der Waals surface area contributed by atoms with Crippen LogP contribution in [-0.4, -0.2) is 93.7 Å². The number of amides is 1. The van der Waals surface area contributed by atoms with Crippen molar-refractivity contribution in [1.82, 2.24) is 29.7 Å². The van der Waals surface area contributed by atoms with Crippen LogP contribution in [0.2, 0.25) is 0 Å². The van der Waals surface area contributed by atoms with Crippen LogP contribution in [0.3, 0.4) is 0 Å². The number of rotatable bonds is 9. The maximum atomic E-state index is 15.0. The summed E-state index contributed by atoms with van der Waals surface area (Å²) in [6.07, 6.45) is 3.64. The van der Waals surface area contributed by atoms with E-state index in [1.165, 1.54) is 0 Å². The molecule has 2 atom stereocenters. The number of fused-ring (bicyclic) bond motifs is 1. The monoisotopic (exact) mass is 548 g/mol. The fourth-order valence-electron chi connectivity index (χ4n) is 4.78. The fraction of sp³-hybridized carbons (Fsp3) is 0.357. The molecular weight excluding hydrogens is 515 g/mol. The molecule has 1 aliphatic rings. The Bertz CT molecular complexity index is 1470. The van der Waals surface area contributed by atoms with Crippen molar-refractivity contribution < 1.29 is 19.0 Å². The molecule has 5 rings (SSSR count). The number of H-pyrrole nitrogens is 1. The predicted molar refractivity (Wildman–Crippen MR) is 151 cm³/mol. The number of nitrogens with zero attached hydrogens (tertiary/aromatic N) is 5. The molecule has 0 saturated carbocycles. The molecule has 1 unspecified atom stereocenters. The standard InChI is InChI=1S/C28H33FN8O3/c1-17(38)22-8-7-18(13-30-22)33-28-32-15-21(29)25(35-28)20-14-31-26-19(20)5-4-6-23(26)34-27(39)24(16-40-3)37-11-9-36(2)10-12-37/h4-8,13-15,17,24,31,38H,9-12,16H2,1-3H3,(H,34,39)(H,32,33,35)/t17-,24?/m1/s1. The molecule has 0 spiro atoms. The molecule has 1 aliphatic heterocycles. The second kappa shape index (κ2) is 12.0. The Labute approximate surface area is 231 Å². The van der Waals surface area contributed by atoms with E-state index < -0.39 is 18.0 Å². The molecule has 4 aromatic rings. The van der Waals surface area contributed by atoms with Gasteiger partial charge in [-0.2, -0.15) is 0 Å². The van der Waals surface area contributed by atoms with Crippen LogP contribution in [0.25, 0.3) is 22.2 Å². The van der Waals surface area contributed by atoms with Crippen molar-refractivity contribution in [1.29, 1.82) is 0 Å². The SMILES string of the molecule is COCC(C(=O)Nc1cccc2c(-c3nc(Nc4ccc([C@@H](C)O)nc4)ncc3F)c[nH]c12)N1CCN(C)CC1. The molecule has 1 aromatic carbocycles. The minimum Gasteiger partial charge on any atom is -0.387 e. The van der Waals surface area contributed by atoms with Gasteiger partial charge in [0.25, 0.3) is 0 Å². The number of hydrogen-bond donors (Lipinski definition) is 4. The zero-order valence-corrected chi connectivity index (χ0v) is 22.7. The number of nitrogens with one attached hydrogen (secondary N) is 3. The summed E-state index contributed by atoms with van der Waals surface area (Å²) in [6.45, 7) is 5.23. The first-order valence-electron chi connectivity index (χ1n) is 13.1. The first kappa shape index (κ1) is 27.6. The number of methoxy groups -OCH3 is 1. The molecule has 3 aromatic heterocycles. The number of para-hydroxylation sites is 1. The lowest BCUT2D eigenvalue weighted by Crippen LogP contribution is -2.54. The number of ether oxygens (including phenoxy) is 1. The summed E-state index contributed by atoms with van der Waals surface area (Å²) in [5.41, 5.74) is 3.01. The lowest BCUT2D eigenvalue weighted by Gasteiger charge is -2.36. The number of benzene rings is 1. The van der Waals surface area contributed by atoms with Gasteiger partial charge in [0.05, 0.1) is 47.7 Å². The first-order chi connectivity index (χ1) is 19.3. The van der Waals surface area contributed by atoms with Crippen LogP contribution in [0.5, 0.6) is 0 Å². The van der Waals surface area contributed by atoms with Gasteiger partial charge in [0.1, 0.15) is 11.7 Å². The molecule has 0 aliphatic carbocycles. The molecule has 0 radical (unpaired) electrons. The van der Waals surface area contributed by atoms with E-state index in [0.717, 1.165) is 32.4 Å². The van der Waals surface area contributed by atoms with Gasteiger partial charge in [0, 0.05) is 50.4 Å². The van der Waals surface area contributed by atoms with Gasteiger partial charge >= 0.3 is 0 Å². The lowest BCUT2D eigenvalue weighted by atomic mass is 10.1. The Morgan fingerprint density at radius 2 is 1.98 bits per heavy atom. The highest BCUT2D eigenvalue weighted by Crippen LogP contribution is 2.33. The topological polar surface area (TPSA) is 132 Å². The van der Waals surface area contributed by atoms with Crippen molar-refractivity contribution in [3.8, 4) is 11.3 Å². The summed E-state index contributed by atoms with van der Waals surface area (Å²) in [7, 11) is 3.66. The van der Waals surface area contributed by atoms with Gasteiger partial charge in [-0.05, 0) is 32.2 Å². The third-order valence-electron chi connectivity index (χ3n) is 7.05. The molecule has 11 nitrogen and oxygen atoms in total. The molecule has 40 heavy (non-hydrogen) atoms. The van der Waals surface area contributed by atoms with Gasteiger partial charge in [-0.25, -0.2) is 14.4 Å². The van der Waals surface area contributed by atoms with Crippen molar-refractivity contribution >= 4 is 34.1 Å². The number of aliphatic hydroxyl groups is 1. The van der Waals surface area contributed by atoms with E-state index in [4.69, 9.17) is 4.74 Å². The second-order valence-corrected chi connectivity index (χ2v) is 9.89. The number of pyridine rings is 1. The highest BCUT2D eigenvalue weighted by Gasteiger charge is 2.29. The molecule has 1 amide bonds. The minimum atomic E-state index is -0.683. The number of halogens is 1. The summed E-state index contributed by atoms with van der Waals surface area (Å²) < 4.78 is 20.4. The maximum Gasteiger partial charge on any atom is 0.244 e.